The van der Waals surface area contributed by atoms with Gasteiger partial charge in [0.15, 0.2) is 0 Å². The predicted molar refractivity (Wildman–Crippen MR) is 167 cm³/mol. The Hall–Kier alpha value is -2.49. The van der Waals surface area contributed by atoms with Crippen molar-refractivity contribution in [3.63, 3.8) is 0 Å². The molecule has 0 aliphatic rings. The normalized spacial score (nSPS) is 12.1. The Morgan fingerprint density at radius 2 is 1.49 bits per heavy atom. The highest BCUT2D eigenvalue weighted by Crippen LogP contribution is 2.36. The highest BCUT2D eigenvalue weighted by Gasteiger charge is 2.34. The third kappa shape index (κ3) is 8.08. The number of unbranched alkanes of at least 4 members (excludes halogenated alkanes) is 1. The maximum absolute atomic E-state index is 14.0. The van der Waals surface area contributed by atoms with Crippen LogP contribution in [-0.4, -0.2) is 44.3 Å². The minimum absolute atomic E-state index is 0.0175. The van der Waals surface area contributed by atoms with Crippen LogP contribution in [-0.2, 0) is 26.2 Å². The zero-order valence-corrected chi connectivity index (χ0v) is 26.7. The van der Waals surface area contributed by atoms with Crippen molar-refractivity contribution in [1.29, 1.82) is 0 Å². The van der Waals surface area contributed by atoms with E-state index >= 15 is 0 Å². The fraction of sp³-hybridized carbons (Fsp3) is 0.310. The van der Waals surface area contributed by atoms with E-state index < -0.39 is 34.4 Å². The molecule has 220 valence electrons. The number of benzene rings is 3. The van der Waals surface area contributed by atoms with Crippen LogP contribution < -0.4 is 9.62 Å². The zero-order valence-electron chi connectivity index (χ0n) is 22.8. The van der Waals surface area contributed by atoms with Gasteiger partial charge in [-0.1, -0.05) is 89.6 Å². The average Bonchev–Trinajstić information content (AvgIpc) is 2.93. The van der Waals surface area contributed by atoms with Crippen LogP contribution >= 0.6 is 46.4 Å². The Morgan fingerprint density at radius 3 is 2.10 bits per heavy atom. The third-order valence-corrected chi connectivity index (χ3v) is 9.77. The quantitative estimate of drug-likeness (QED) is 0.210. The zero-order chi connectivity index (χ0) is 30.3. The molecule has 0 fully saturated rings. The Labute approximate surface area is 261 Å². The Morgan fingerprint density at radius 1 is 0.902 bits per heavy atom. The van der Waals surface area contributed by atoms with E-state index in [0.29, 0.717) is 22.2 Å². The van der Waals surface area contributed by atoms with Crippen LogP contribution in [0.15, 0.2) is 65.6 Å². The Bertz CT molecular complexity index is 1480. The molecule has 3 aromatic rings. The van der Waals surface area contributed by atoms with Gasteiger partial charge >= 0.3 is 0 Å². The molecule has 0 spiro atoms. The Balaban J connectivity index is 2.08. The van der Waals surface area contributed by atoms with E-state index in [1.165, 1.54) is 35.2 Å². The van der Waals surface area contributed by atoms with Gasteiger partial charge in [-0.3, -0.25) is 13.9 Å². The van der Waals surface area contributed by atoms with Crippen molar-refractivity contribution >= 4 is 73.9 Å². The summed E-state index contributed by atoms with van der Waals surface area (Å²) in [5, 5.41) is 3.51. The fourth-order valence-electron chi connectivity index (χ4n) is 4.01. The summed E-state index contributed by atoms with van der Waals surface area (Å²) < 4.78 is 28.8. The van der Waals surface area contributed by atoms with Crippen LogP contribution in [0.3, 0.4) is 0 Å². The summed E-state index contributed by atoms with van der Waals surface area (Å²) in [6.45, 7) is 5.01. The lowest BCUT2D eigenvalue weighted by Crippen LogP contribution is -2.51. The number of anilines is 1. The molecule has 0 aliphatic heterocycles. The van der Waals surface area contributed by atoms with Crippen LogP contribution in [0.1, 0.15) is 37.8 Å². The molecule has 0 unspecified atom stereocenters. The minimum atomic E-state index is -4.30. The van der Waals surface area contributed by atoms with E-state index in [4.69, 9.17) is 46.4 Å². The molecule has 0 saturated carbocycles. The van der Waals surface area contributed by atoms with E-state index in [1.54, 1.807) is 37.3 Å². The molecular formula is C29H31Cl4N3O4S. The van der Waals surface area contributed by atoms with Gasteiger partial charge in [-0.05, 0) is 56.7 Å². The molecule has 12 heteroatoms. The second kappa shape index (κ2) is 14.6. The molecule has 0 bridgehead atoms. The smallest absolute Gasteiger partial charge is 0.264 e. The number of halogens is 4. The van der Waals surface area contributed by atoms with E-state index in [0.717, 1.165) is 22.7 Å². The van der Waals surface area contributed by atoms with E-state index in [9.17, 15) is 18.0 Å². The number of nitrogens with zero attached hydrogens (tertiary/aromatic N) is 2. The summed E-state index contributed by atoms with van der Waals surface area (Å²) in [4.78, 5) is 28.3. The molecule has 0 radical (unpaired) electrons. The number of hydrogen-bond acceptors (Lipinski definition) is 4. The van der Waals surface area contributed by atoms with Crippen LogP contribution in [0.25, 0.3) is 0 Å². The van der Waals surface area contributed by atoms with Crippen LogP contribution in [0.4, 0.5) is 5.69 Å². The molecule has 1 atom stereocenters. The van der Waals surface area contributed by atoms with Crippen molar-refractivity contribution in [2.24, 2.45) is 0 Å². The van der Waals surface area contributed by atoms with E-state index in [2.05, 4.69) is 5.32 Å². The topological polar surface area (TPSA) is 86.8 Å². The molecule has 2 amide bonds. The van der Waals surface area contributed by atoms with Crippen molar-refractivity contribution in [2.45, 2.75) is 51.1 Å². The molecule has 0 aromatic heterocycles. The van der Waals surface area contributed by atoms with Crippen molar-refractivity contribution in [3.05, 3.63) is 91.9 Å². The maximum Gasteiger partial charge on any atom is 0.264 e. The molecule has 3 aromatic carbocycles. The summed E-state index contributed by atoms with van der Waals surface area (Å²) in [7, 11) is -4.30. The van der Waals surface area contributed by atoms with Gasteiger partial charge in [0.25, 0.3) is 10.0 Å². The first kappa shape index (κ1) is 33.0. The molecule has 41 heavy (non-hydrogen) atoms. The van der Waals surface area contributed by atoms with Gasteiger partial charge in [-0.15, -0.1) is 0 Å². The summed E-state index contributed by atoms with van der Waals surface area (Å²) in [5.74, 6) is -1.07. The molecule has 3 rings (SSSR count). The summed E-state index contributed by atoms with van der Waals surface area (Å²) >= 11 is 25.5. The highest BCUT2D eigenvalue weighted by atomic mass is 35.5. The first-order valence-electron chi connectivity index (χ1n) is 12.9. The number of amides is 2. The van der Waals surface area contributed by atoms with Crippen molar-refractivity contribution in [3.8, 4) is 0 Å². The standard InChI is InChI=1S/C29H31Cl4N3O4S/c1-4-5-16-34-29(38)20(3)35(17-22-23(30)8-6-9-24(22)31)27(37)18-36(26-11-7-10-25(32)28(26)33)41(39,40)21-14-12-19(2)13-15-21/h6-15,20H,4-5,16-18H2,1-3H3,(H,34,38)/t20-/m1/s1. The lowest BCUT2D eigenvalue weighted by molar-refractivity contribution is -0.139. The van der Waals surface area contributed by atoms with Crippen LogP contribution in [0, 0.1) is 6.92 Å². The van der Waals surface area contributed by atoms with Crippen molar-refractivity contribution in [2.75, 3.05) is 17.4 Å². The number of carbonyl (C=O) groups excluding carboxylic acids is 2. The predicted octanol–water partition coefficient (Wildman–Crippen LogP) is 7.14. The van der Waals surface area contributed by atoms with Crippen LogP contribution in [0.5, 0.6) is 0 Å². The molecule has 0 saturated heterocycles. The van der Waals surface area contributed by atoms with E-state index in [-0.39, 0.29) is 27.2 Å². The van der Waals surface area contributed by atoms with Gasteiger partial charge in [0, 0.05) is 28.7 Å². The number of hydrogen-bond donors (Lipinski definition) is 1. The molecule has 0 heterocycles. The minimum Gasteiger partial charge on any atom is -0.354 e. The van der Waals surface area contributed by atoms with Crippen molar-refractivity contribution < 1.29 is 18.0 Å². The number of carbonyl (C=O) groups is 2. The van der Waals surface area contributed by atoms with Gasteiger partial charge in [0.05, 0.1) is 20.6 Å². The third-order valence-electron chi connectivity index (χ3n) is 6.47. The van der Waals surface area contributed by atoms with Gasteiger partial charge in [-0.2, -0.15) is 0 Å². The SMILES string of the molecule is CCCCNC(=O)[C@@H](C)N(Cc1c(Cl)cccc1Cl)C(=O)CN(c1cccc(Cl)c1Cl)S(=O)(=O)c1ccc(C)cc1. The molecule has 1 N–H and O–H groups in total. The summed E-state index contributed by atoms with van der Waals surface area (Å²) in [6.07, 6.45) is 1.64. The number of sulfonamides is 1. The van der Waals surface area contributed by atoms with Crippen LogP contribution in [0.2, 0.25) is 20.1 Å². The van der Waals surface area contributed by atoms with Gasteiger partial charge in [0.1, 0.15) is 12.6 Å². The number of nitrogens with one attached hydrogen (secondary N) is 1. The monoisotopic (exact) mass is 657 g/mol. The van der Waals surface area contributed by atoms with Gasteiger partial charge in [-0.25, -0.2) is 8.42 Å². The lowest BCUT2D eigenvalue weighted by Gasteiger charge is -2.32. The fourth-order valence-corrected chi connectivity index (χ4v) is 6.40. The molecule has 7 nitrogen and oxygen atoms in total. The van der Waals surface area contributed by atoms with Gasteiger partial charge < -0.3 is 10.2 Å². The highest BCUT2D eigenvalue weighted by molar-refractivity contribution is 7.92. The lowest BCUT2D eigenvalue weighted by atomic mass is 10.1. The molecule has 0 aliphatic carbocycles. The number of aryl methyl sites for hydroxylation is 1. The number of rotatable bonds is 12. The van der Waals surface area contributed by atoms with Gasteiger partial charge in [0.2, 0.25) is 11.8 Å². The largest absolute Gasteiger partial charge is 0.354 e. The van der Waals surface area contributed by atoms with E-state index in [1.807, 2.05) is 13.8 Å². The second-order valence-electron chi connectivity index (χ2n) is 9.44. The molecular weight excluding hydrogens is 628 g/mol. The first-order valence-corrected chi connectivity index (χ1v) is 15.9. The summed E-state index contributed by atoms with van der Waals surface area (Å²) in [6, 6.07) is 14.7. The van der Waals surface area contributed by atoms with Crippen molar-refractivity contribution in [1.82, 2.24) is 10.2 Å². The summed E-state index contributed by atoms with van der Waals surface area (Å²) in [5.41, 5.74) is 1.30. The second-order valence-corrected chi connectivity index (χ2v) is 12.9. The maximum atomic E-state index is 14.0. The average molecular weight is 659 g/mol. The Kier molecular flexibility index (Phi) is 11.8. The first-order chi connectivity index (χ1) is 19.4.